The Balaban J connectivity index is 2.12. The van der Waals surface area contributed by atoms with E-state index in [1.165, 1.54) is 6.33 Å². The Morgan fingerprint density at radius 1 is 1.30 bits per heavy atom. The van der Waals surface area contributed by atoms with Crippen molar-refractivity contribution >= 4 is 11.0 Å². The molecule has 0 aliphatic carbocycles. The Morgan fingerprint density at radius 2 is 2.15 bits per heavy atom. The first-order chi connectivity index (χ1) is 9.70. The summed E-state index contributed by atoms with van der Waals surface area (Å²) in [6, 6.07) is 9.97. The molecule has 0 fully saturated rings. The van der Waals surface area contributed by atoms with Gasteiger partial charge in [0.05, 0.1) is 22.8 Å². The van der Waals surface area contributed by atoms with Gasteiger partial charge in [-0.1, -0.05) is 6.07 Å². The first kappa shape index (κ1) is 12.3. The fourth-order valence-electron chi connectivity index (χ4n) is 2.30. The molecule has 0 saturated carbocycles. The lowest BCUT2D eigenvalue weighted by Gasteiger charge is -2.08. The van der Waals surface area contributed by atoms with Gasteiger partial charge in [0.1, 0.15) is 18.1 Å². The zero-order valence-corrected chi connectivity index (χ0v) is 11.3. The Labute approximate surface area is 116 Å². The summed E-state index contributed by atoms with van der Waals surface area (Å²) < 4.78 is 2.03. The molecule has 2 aromatic heterocycles. The number of nitrogens with zero attached hydrogens (tertiary/aromatic N) is 5. The number of hydrogen-bond acceptors (Lipinski definition) is 4. The molecule has 1 unspecified atom stereocenters. The molecule has 0 radical (unpaired) electrons. The van der Waals surface area contributed by atoms with Gasteiger partial charge < -0.3 is 4.57 Å². The van der Waals surface area contributed by atoms with Crippen LogP contribution >= 0.6 is 0 Å². The smallest absolute Gasteiger partial charge is 0.115 e. The van der Waals surface area contributed by atoms with Crippen molar-refractivity contribution in [1.29, 1.82) is 5.26 Å². The molecular weight excluding hydrogens is 250 g/mol. The van der Waals surface area contributed by atoms with Gasteiger partial charge in [0, 0.05) is 13.2 Å². The van der Waals surface area contributed by atoms with E-state index in [0.29, 0.717) is 5.69 Å². The molecule has 5 heteroatoms. The van der Waals surface area contributed by atoms with Crippen LogP contribution in [0.1, 0.15) is 23.0 Å². The average Bonchev–Trinajstić information content (AvgIpc) is 2.76. The predicted molar refractivity (Wildman–Crippen MR) is 74.9 cm³/mol. The highest BCUT2D eigenvalue weighted by Crippen LogP contribution is 2.25. The van der Waals surface area contributed by atoms with Gasteiger partial charge in [0.2, 0.25) is 0 Å². The number of aromatic nitrogens is 4. The lowest BCUT2D eigenvalue weighted by atomic mass is 9.96. The third-order valence-electron chi connectivity index (χ3n) is 3.49. The molecule has 0 amide bonds. The van der Waals surface area contributed by atoms with Gasteiger partial charge in [0.25, 0.3) is 0 Å². The summed E-state index contributed by atoms with van der Waals surface area (Å²) in [4.78, 5) is 12.6. The quantitative estimate of drug-likeness (QED) is 0.711. The maximum Gasteiger partial charge on any atom is 0.115 e. The van der Waals surface area contributed by atoms with Crippen LogP contribution in [0.15, 0.2) is 36.8 Å². The highest BCUT2D eigenvalue weighted by atomic mass is 15.0. The number of benzene rings is 1. The minimum atomic E-state index is -0.398. The van der Waals surface area contributed by atoms with Crippen molar-refractivity contribution in [2.24, 2.45) is 7.05 Å². The van der Waals surface area contributed by atoms with Crippen molar-refractivity contribution in [3.63, 3.8) is 0 Å². The van der Waals surface area contributed by atoms with Crippen molar-refractivity contribution < 1.29 is 0 Å². The number of hydrogen-bond donors (Lipinski definition) is 0. The van der Waals surface area contributed by atoms with Crippen molar-refractivity contribution in [1.82, 2.24) is 19.5 Å². The van der Waals surface area contributed by atoms with Crippen molar-refractivity contribution in [3.8, 4) is 6.07 Å². The molecule has 0 N–H and O–H groups in total. The summed E-state index contributed by atoms with van der Waals surface area (Å²) in [5.74, 6) is 0.553. The van der Waals surface area contributed by atoms with Crippen LogP contribution in [0.5, 0.6) is 0 Å². The molecule has 5 nitrogen and oxygen atoms in total. The Hall–Kier alpha value is -2.74. The molecule has 0 spiro atoms. The van der Waals surface area contributed by atoms with Gasteiger partial charge in [0.15, 0.2) is 0 Å². The number of imidazole rings is 1. The minimum absolute atomic E-state index is 0.398. The summed E-state index contributed by atoms with van der Waals surface area (Å²) >= 11 is 0. The molecule has 0 saturated heterocycles. The van der Waals surface area contributed by atoms with E-state index in [-0.39, 0.29) is 0 Å². The monoisotopic (exact) mass is 263 g/mol. The van der Waals surface area contributed by atoms with Crippen LogP contribution in [-0.2, 0) is 7.05 Å². The third-order valence-corrected chi connectivity index (χ3v) is 3.49. The Bertz CT molecular complexity index is 798. The molecule has 3 aromatic rings. The van der Waals surface area contributed by atoms with Gasteiger partial charge in [-0.3, -0.25) is 0 Å². The summed E-state index contributed by atoms with van der Waals surface area (Å²) in [6.07, 6.45) is 3.11. The fraction of sp³-hybridized carbons (Fsp3) is 0.200. The standard InChI is InChI=1S/C15H13N5/c1-10-19-14-7-11(3-4-15(14)20(10)2)12(8-16)13-5-6-17-9-18-13/h3-7,9,12H,1-2H3. The molecule has 3 rings (SSSR count). The van der Waals surface area contributed by atoms with E-state index in [9.17, 15) is 5.26 Å². The third kappa shape index (κ3) is 1.91. The summed E-state index contributed by atoms with van der Waals surface area (Å²) in [7, 11) is 1.98. The highest BCUT2D eigenvalue weighted by molar-refractivity contribution is 5.77. The van der Waals surface area contributed by atoms with Crippen LogP contribution < -0.4 is 0 Å². The maximum absolute atomic E-state index is 9.43. The summed E-state index contributed by atoms with van der Waals surface area (Å²) in [6.45, 7) is 1.96. The molecule has 2 heterocycles. The molecule has 0 aliphatic rings. The topological polar surface area (TPSA) is 67.4 Å². The van der Waals surface area contributed by atoms with Crippen molar-refractivity contribution in [2.45, 2.75) is 12.8 Å². The van der Waals surface area contributed by atoms with E-state index < -0.39 is 5.92 Å². The molecule has 20 heavy (non-hydrogen) atoms. The van der Waals surface area contributed by atoms with Crippen LogP contribution in [0.4, 0.5) is 0 Å². The van der Waals surface area contributed by atoms with Crippen molar-refractivity contribution in [3.05, 3.63) is 53.9 Å². The summed E-state index contributed by atoms with van der Waals surface area (Å²) in [5, 5.41) is 9.43. The Morgan fingerprint density at radius 3 is 2.85 bits per heavy atom. The molecule has 1 atom stereocenters. The molecular formula is C15H13N5. The fourth-order valence-corrected chi connectivity index (χ4v) is 2.30. The lowest BCUT2D eigenvalue weighted by molar-refractivity contribution is 0.886. The van der Waals surface area contributed by atoms with Crippen LogP contribution in [-0.4, -0.2) is 19.5 Å². The van der Waals surface area contributed by atoms with E-state index in [1.807, 2.05) is 36.7 Å². The predicted octanol–water partition coefficient (Wildman–Crippen LogP) is 2.33. The molecule has 1 aromatic carbocycles. The number of rotatable bonds is 2. The first-order valence-electron chi connectivity index (χ1n) is 6.29. The van der Waals surface area contributed by atoms with Gasteiger partial charge in [-0.25, -0.2) is 15.0 Å². The normalized spacial score (nSPS) is 12.2. The molecule has 98 valence electrons. The van der Waals surface area contributed by atoms with E-state index >= 15 is 0 Å². The van der Waals surface area contributed by atoms with E-state index in [4.69, 9.17) is 0 Å². The SMILES string of the molecule is Cc1nc2cc(C(C#N)c3ccncn3)ccc2n1C. The maximum atomic E-state index is 9.43. The van der Waals surface area contributed by atoms with E-state index in [0.717, 1.165) is 22.4 Å². The van der Waals surface area contributed by atoms with Crippen LogP contribution in [0.25, 0.3) is 11.0 Å². The average molecular weight is 263 g/mol. The second kappa shape index (κ2) is 4.74. The van der Waals surface area contributed by atoms with Crippen LogP contribution in [0.3, 0.4) is 0 Å². The van der Waals surface area contributed by atoms with Crippen LogP contribution in [0, 0.1) is 18.3 Å². The largest absolute Gasteiger partial charge is 0.331 e. The lowest BCUT2D eigenvalue weighted by Crippen LogP contribution is -2.01. The first-order valence-corrected chi connectivity index (χ1v) is 6.29. The Kier molecular flexibility index (Phi) is 2.92. The van der Waals surface area contributed by atoms with Gasteiger partial charge in [-0.2, -0.15) is 5.26 Å². The van der Waals surface area contributed by atoms with Crippen molar-refractivity contribution in [2.75, 3.05) is 0 Å². The second-order valence-electron chi connectivity index (χ2n) is 4.66. The number of aryl methyl sites for hydroxylation is 2. The van der Waals surface area contributed by atoms with Gasteiger partial charge in [-0.05, 0) is 30.7 Å². The number of nitriles is 1. The molecule has 0 aliphatic heterocycles. The minimum Gasteiger partial charge on any atom is -0.331 e. The zero-order chi connectivity index (χ0) is 14.1. The molecule has 0 bridgehead atoms. The highest BCUT2D eigenvalue weighted by Gasteiger charge is 2.16. The van der Waals surface area contributed by atoms with Gasteiger partial charge in [-0.15, -0.1) is 0 Å². The zero-order valence-electron chi connectivity index (χ0n) is 11.3. The second-order valence-corrected chi connectivity index (χ2v) is 4.66. The van der Waals surface area contributed by atoms with E-state index in [2.05, 4.69) is 21.0 Å². The summed E-state index contributed by atoms with van der Waals surface area (Å²) in [5.41, 5.74) is 3.56. The van der Waals surface area contributed by atoms with Crippen LogP contribution in [0.2, 0.25) is 0 Å². The number of fused-ring (bicyclic) bond motifs is 1. The van der Waals surface area contributed by atoms with E-state index in [1.54, 1.807) is 12.3 Å². The van der Waals surface area contributed by atoms with Gasteiger partial charge >= 0.3 is 0 Å².